The van der Waals surface area contributed by atoms with Gasteiger partial charge >= 0.3 is 12.5 Å². The van der Waals surface area contributed by atoms with Gasteiger partial charge in [-0.05, 0) is 18.9 Å². The largest absolute Gasteiger partial charge is 0.573 e. The highest BCUT2D eigenvalue weighted by atomic mass is 19.4. The highest BCUT2D eigenvalue weighted by molar-refractivity contribution is 5.79. The maximum Gasteiger partial charge on any atom is 0.573 e. The van der Waals surface area contributed by atoms with Crippen molar-refractivity contribution in [3.63, 3.8) is 0 Å². The summed E-state index contributed by atoms with van der Waals surface area (Å²) in [5.74, 6) is -0.686. The van der Waals surface area contributed by atoms with E-state index in [1.807, 2.05) is 0 Å². The van der Waals surface area contributed by atoms with Gasteiger partial charge in [-0.3, -0.25) is 9.69 Å². The fourth-order valence-corrected chi connectivity index (χ4v) is 2.90. The maximum absolute atomic E-state index is 12.7. The summed E-state index contributed by atoms with van der Waals surface area (Å²) in [6.45, 7) is 0.941. The number of rotatable bonds is 9. The zero-order chi connectivity index (χ0) is 21.7. The van der Waals surface area contributed by atoms with Crippen molar-refractivity contribution in [3.05, 3.63) is 23.8 Å². The lowest BCUT2D eigenvalue weighted by Crippen LogP contribution is -2.52. The molecule has 1 aromatic carbocycles. The third-order valence-electron chi connectivity index (χ3n) is 4.36. The van der Waals surface area contributed by atoms with Gasteiger partial charge in [-0.1, -0.05) is 6.07 Å². The summed E-state index contributed by atoms with van der Waals surface area (Å²) < 4.78 is 83.8. The molecule has 1 saturated heterocycles. The highest BCUT2D eigenvalue weighted by Crippen LogP contribution is 2.32. The number of unbranched alkanes of at least 4 members (excludes halogenated alkanes) is 1. The smallest absolute Gasteiger partial charge is 0.493 e. The van der Waals surface area contributed by atoms with Crippen LogP contribution in [-0.2, 0) is 11.3 Å². The van der Waals surface area contributed by atoms with Gasteiger partial charge in [0.15, 0.2) is 0 Å². The highest BCUT2D eigenvalue weighted by Gasteiger charge is 2.35. The Morgan fingerprint density at radius 2 is 1.86 bits per heavy atom. The molecule has 1 aliphatic heterocycles. The van der Waals surface area contributed by atoms with Crippen molar-refractivity contribution in [1.29, 1.82) is 0 Å². The third kappa shape index (κ3) is 8.00. The van der Waals surface area contributed by atoms with E-state index in [0.29, 0.717) is 13.1 Å². The summed E-state index contributed by atoms with van der Waals surface area (Å²) in [5, 5.41) is 2.52. The molecule has 1 aliphatic rings. The normalized spacial score (nSPS) is 15.7. The molecule has 0 saturated carbocycles. The Kier molecular flexibility index (Phi) is 7.61. The summed E-state index contributed by atoms with van der Waals surface area (Å²) in [5.41, 5.74) is 0.266. The number of likely N-dealkylation sites (tertiary alicyclic amines) is 1. The quantitative estimate of drug-likeness (QED) is 0.479. The number of carbonyl (C=O) groups excluding carboxylic acids is 1. The molecule has 1 aromatic rings. The SMILES string of the molecule is CNC(=O)C1CN(Cc2ccc(OCCCCC(F)(F)F)cc2OC(F)(F)F)C1. The number of nitrogens with one attached hydrogen (secondary N) is 1. The molecule has 5 nitrogen and oxygen atoms in total. The molecule has 1 N–H and O–H groups in total. The number of alkyl halides is 6. The predicted octanol–water partition coefficient (Wildman–Crippen LogP) is 3.87. The molecule has 1 amide bonds. The van der Waals surface area contributed by atoms with Crippen LogP contribution < -0.4 is 14.8 Å². The summed E-state index contributed by atoms with van der Waals surface area (Å²) in [4.78, 5) is 13.3. The Bertz CT molecular complexity index is 687. The first kappa shape index (κ1) is 23.1. The van der Waals surface area contributed by atoms with Gasteiger partial charge in [0.1, 0.15) is 11.5 Å². The number of nitrogens with zero attached hydrogens (tertiary/aromatic N) is 1. The molecule has 0 spiro atoms. The molecule has 0 unspecified atom stereocenters. The van der Waals surface area contributed by atoms with Gasteiger partial charge in [0, 0.05) is 44.7 Å². The maximum atomic E-state index is 12.7. The molecular formula is C18H22F6N2O3. The number of halogens is 6. The molecule has 1 fully saturated rings. The van der Waals surface area contributed by atoms with Crippen LogP contribution in [0, 0.1) is 5.92 Å². The molecule has 0 aliphatic carbocycles. The lowest BCUT2D eigenvalue weighted by atomic mass is 9.98. The monoisotopic (exact) mass is 428 g/mol. The average Bonchev–Trinajstić information content (AvgIpc) is 2.55. The summed E-state index contributed by atoms with van der Waals surface area (Å²) in [6, 6.07) is 3.93. The van der Waals surface area contributed by atoms with Crippen LogP contribution in [0.4, 0.5) is 26.3 Å². The Morgan fingerprint density at radius 3 is 2.45 bits per heavy atom. The van der Waals surface area contributed by atoms with E-state index >= 15 is 0 Å². The van der Waals surface area contributed by atoms with E-state index < -0.39 is 24.7 Å². The van der Waals surface area contributed by atoms with Gasteiger partial charge in [-0.2, -0.15) is 13.2 Å². The number of carbonyl (C=O) groups is 1. The fourth-order valence-electron chi connectivity index (χ4n) is 2.90. The van der Waals surface area contributed by atoms with Gasteiger partial charge in [0.05, 0.1) is 12.5 Å². The fraction of sp³-hybridized carbons (Fsp3) is 0.611. The van der Waals surface area contributed by atoms with Crippen LogP contribution >= 0.6 is 0 Å². The Labute approximate surface area is 163 Å². The summed E-state index contributed by atoms with van der Waals surface area (Å²) >= 11 is 0. The molecule has 0 aromatic heterocycles. The topological polar surface area (TPSA) is 50.8 Å². The molecule has 0 radical (unpaired) electrons. The zero-order valence-electron chi connectivity index (χ0n) is 15.7. The van der Waals surface area contributed by atoms with Gasteiger partial charge < -0.3 is 14.8 Å². The Hall–Kier alpha value is -2.17. The van der Waals surface area contributed by atoms with Gasteiger partial charge in [-0.25, -0.2) is 0 Å². The van der Waals surface area contributed by atoms with Gasteiger partial charge in [0.25, 0.3) is 0 Å². The number of amides is 1. The Morgan fingerprint density at radius 1 is 1.17 bits per heavy atom. The van der Waals surface area contributed by atoms with E-state index in [1.54, 1.807) is 4.90 Å². The van der Waals surface area contributed by atoms with Crippen molar-refractivity contribution in [1.82, 2.24) is 10.2 Å². The van der Waals surface area contributed by atoms with Crippen molar-refractivity contribution < 1.29 is 40.6 Å². The van der Waals surface area contributed by atoms with E-state index in [-0.39, 0.29) is 49.1 Å². The summed E-state index contributed by atoms with van der Waals surface area (Å²) in [6.07, 6.45) is -10.1. The van der Waals surface area contributed by atoms with Crippen LogP contribution in [0.15, 0.2) is 18.2 Å². The van der Waals surface area contributed by atoms with Crippen LogP contribution in [0.1, 0.15) is 24.8 Å². The first-order chi connectivity index (χ1) is 13.5. The zero-order valence-corrected chi connectivity index (χ0v) is 15.7. The third-order valence-corrected chi connectivity index (χ3v) is 4.36. The number of ether oxygens (including phenoxy) is 2. The second-order valence-corrected chi connectivity index (χ2v) is 6.74. The minimum absolute atomic E-state index is 0.0547. The second-order valence-electron chi connectivity index (χ2n) is 6.74. The van der Waals surface area contributed by atoms with E-state index in [0.717, 1.165) is 6.07 Å². The first-order valence-corrected chi connectivity index (χ1v) is 8.99. The van der Waals surface area contributed by atoms with Crippen molar-refractivity contribution in [2.24, 2.45) is 5.92 Å². The van der Waals surface area contributed by atoms with Crippen LogP contribution in [0.25, 0.3) is 0 Å². The van der Waals surface area contributed by atoms with E-state index in [2.05, 4.69) is 10.1 Å². The van der Waals surface area contributed by atoms with E-state index in [9.17, 15) is 31.1 Å². The number of benzene rings is 1. The molecule has 164 valence electrons. The minimum atomic E-state index is -4.90. The molecule has 11 heteroatoms. The van der Waals surface area contributed by atoms with E-state index in [1.165, 1.54) is 19.2 Å². The standard InChI is InChI=1S/C18H22F6N2O3/c1-25-16(27)13-10-26(11-13)9-12-4-5-14(8-15(12)29-18(22,23)24)28-7-3-2-6-17(19,20)21/h4-5,8,13H,2-3,6-7,9-11H2,1H3,(H,25,27). The van der Waals surface area contributed by atoms with E-state index in [4.69, 9.17) is 4.74 Å². The lowest BCUT2D eigenvalue weighted by molar-refractivity contribution is -0.275. The molecule has 29 heavy (non-hydrogen) atoms. The first-order valence-electron chi connectivity index (χ1n) is 8.99. The van der Waals surface area contributed by atoms with Crippen molar-refractivity contribution in [3.8, 4) is 11.5 Å². The van der Waals surface area contributed by atoms with Crippen LogP contribution in [0.2, 0.25) is 0 Å². The lowest BCUT2D eigenvalue weighted by Gasteiger charge is -2.38. The summed E-state index contributed by atoms with van der Waals surface area (Å²) in [7, 11) is 1.52. The van der Waals surface area contributed by atoms with Crippen LogP contribution in [-0.4, -0.2) is 50.1 Å². The van der Waals surface area contributed by atoms with Crippen molar-refractivity contribution >= 4 is 5.91 Å². The number of hydrogen-bond acceptors (Lipinski definition) is 4. The van der Waals surface area contributed by atoms with Crippen molar-refractivity contribution in [2.45, 2.75) is 38.3 Å². The number of hydrogen-bond donors (Lipinski definition) is 1. The average molecular weight is 428 g/mol. The molecule has 0 atom stereocenters. The molecule has 2 rings (SSSR count). The second kappa shape index (κ2) is 9.55. The van der Waals surface area contributed by atoms with Crippen LogP contribution in [0.3, 0.4) is 0 Å². The molecule has 1 heterocycles. The Balaban J connectivity index is 1.94. The molecular weight excluding hydrogens is 406 g/mol. The van der Waals surface area contributed by atoms with Gasteiger partial charge in [-0.15, -0.1) is 13.2 Å². The predicted molar refractivity (Wildman–Crippen MR) is 91.4 cm³/mol. The van der Waals surface area contributed by atoms with Crippen LogP contribution in [0.5, 0.6) is 11.5 Å². The molecule has 0 bridgehead atoms. The van der Waals surface area contributed by atoms with Gasteiger partial charge in [0.2, 0.25) is 5.91 Å². The van der Waals surface area contributed by atoms with Crippen molar-refractivity contribution in [2.75, 3.05) is 26.7 Å². The minimum Gasteiger partial charge on any atom is -0.493 e.